The van der Waals surface area contributed by atoms with Gasteiger partial charge in [-0.3, -0.25) is 14.6 Å². The second-order valence-corrected chi connectivity index (χ2v) is 6.39. The van der Waals surface area contributed by atoms with E-state index in [9.17, 15) is 9.18 Å². The molecule has 1 aliphatic heterocycles. The van der Waals surface area contributed by atoms with Crippen molar-refractivity contribution < 1.29 is 13.7 Å². The Morgan fingerprint density at radius 2 is 2.04 bits per heavy atom. The number of hydrogen-bond acceptors (Lipinski definition) is 5. The van der Waals surface area contributed by atoms with Gasteiger partial charge in [0, 0.05) is 44.4 Å². The predicted molar refractivity (Wildman–Crippen MR) is 92.6 cm³/mol. The van der Waals surface area contributed by atoms with Crippen LogP contribution in [0.1, 0.15) is 18.2 Å². The molecule has 7 heteroatoms. The van der Waals surface area contributed by atoms with E-state index < -0.39 is 0 Å². The lowest BCUT2D eigenvalue weighted by Gasteiger charge is -2.37. The highest BCUT2D eigenvalue weighted by Gasteiger charge is 2.26. The standard InChI is InChI=1S/C18H23FN4O2/c1-13-11-17(21-25-13)20-18(24)14(2)23-9-7-22(8-10-23)12-15-5-3-4-6-16(15)19/h3-6,11,14H,7-10,12H2,1-2H3,(H,20,21,24)/t14-/m1/s1. The molecule has 1 N–H and O–H groups in total. The fourth-order valence-electron chi connectivity index (χ4n) is 3.00. The van der Waals surface area contributed by atoms with Gasteiger partial charge in [0.2, 0.25) is 5.91 Å². The number of nitrogens with one attached hydrogen (secondary N) is 1. The topological polar surface area (TPSA) is 61.6 Å². The molecule has 6 nitrogen and oxygen atoms in total. The molecule has 0 radical (unpaired) electrons. The molecule has 1 amide bonds. The van der Waals surface area contributed by atoms with Crippen molar-refractivity contribution in [2.24, 2.45) is 0 Å². The first-order valence-electron chi connectivity index (χ1n) is 8.47. The largest absolute Gasteiger partial charge is 0.360 e. The van der Waals surface area contributed by atoms with E-state index in [0.717, 1.165) is 26.2 Å². The van der Waals surface area contributed by atoms with Crippen LogP contribution in [0.25, 0.3) is 0 Å². The average Bonchev–Trinajstić information content (AvgIpc) is 3.02. The van der Waals surface area contributed by atoms with Crippen LogP contribution in [0.15, 0.2) is 34.9 Å². The second kappa shape index (κ2) is 7.76. The zero-order valence-electron chi connectivity index (χ0n) is 14.5. The van der Waals surface area contributed by atoms with E-state index in [1.165, 1.54) is 6.07 Å². The summed E-state index contributed by atoms with van der Waals surface area (Å²) in [6, 6.07) is 8.30. The van der Waals surface area contributed by atoms with Crippen LogP contribution in [0, 0.1) is 12.7 Å². The number of benzene rings is 1. The zero-order chi connectivity index (χ0) is 17.8. The summed E-state index contributed by atoms with van der Waals surface area (Å²) in [6.07, 6.45) is 0. The molecular weight excluding hydrogens is 323 g/mol. The summed E-state index contributed by atoms with van der Waals surface area (Å²) in [5, 5.41) is 6.55. The summed E-state index contributed by atoms with van der Waals surface area (Å²) >= 11 is 0. The van der Waals surface area contributed by atoms with Crippen LogP contribution in [0.4, 0.5) is 10.2 Å². The van der Waals surface area contributed by atoms with Crippen LogP contribution in [0.2, 0.25) is 0 Å². The van der Waals surface area contributed by atoms with Crippen LogP contribution in [0.5, 0.6) is 0 Å². The Bertz CT molecular complexity index is 725. The molecule has 0 aliphatic carbocycles. The lowest BCUT2D eigenvalue weighted by Crippen LogP contribution is -2.52. The zero-order valence-corrected chi connectivity index (χ0v) is 14.5. The van der Waals surface area contributed by atoms with Crippen molar-refractivity contribution in [3.8, 4) is 0 Å². The Balaban J connectivity index is 1.49. The van der Waals surface area contributed by atoms with Gasteiger partial charge in [-0.25, -0.2) is 4.39 Å². The molecule has 1 aromatic carbocycles. The molecule has 0 unspecified atom stereocenters. The Labute approximate surface area is 146 Å². The molecule has 3 rings (SSSR count). The van der Waals surface area contributed by atoms with Gasteiger partial charge in [-0.15, -0.1) is 0 Å². The third kappa shape index (κ3) is 4.43. The van der Waals surface area contributed by atoms with Crippen molar-refractivity contribution in [2.45, 2.75) is 26.4 Å². The van der Waals surface area contributed by atoms with Crippen molar-refractivity contribution in [1.82, 2.24) is 15.0 Å². The molecule has 0 spiro atoms. The van der Waals surface area contributed by atoms with E-state index in [1.54, 1.807) is 19.1 Å². The summed E-state index contributed by atoms with van der Waals surface area (Å²) in [5.41, 5.74) is 0.711. The highest BCUT2D eigenvalue weighted by atomic mass is 19.1. The van der Waals surface area contributed by atoms with Crippen LogP contribution in [0.3, 0.4) is 0 Å². The number of carbonyl (C=O) groups is 1. The molecule has 134 valence electrons. The first kappa shape index (κ1) is 17.6. The Morgan fingerprint density at radius 1 is 1.32 bits per heavy atom. The normalized spacial score (nSPS) is 17.4. The molecule has 1 atom stereocenters. The molecule has 0 bridgehead atoms. The first-order chi connectivity index (χ1) is 12.0. The predicted octanol–water partition coefficient (Wildman–Crippen LogP) is 2.27. The number of piperazine rings is 1. The number of aryl methyl sites for hydroxylation is 1. The molecule has 1 fully saturated rings. The molecule has 1 aliphatic rings. The SMILES string of the molecule is Cc1cc(NC(=O)[C@@H](C)N2CCN(Cc3ccccc3F)CC2)no1. The lowest BCUT2D eigenvalue weighted by molar-refractivity contribution is -0.121. The molecule has 2 aromatic rings. The van der Waals surface area contributed by atoms with E-state index in [4.69, 9.17) is 4.52 Å². The number of hydrogen-bond donors (Lipinski definition) is 1. The molecular formula is C18H23FN4O2. The van der Waals surface area contributed by atoms with Gasteiger partial charge in [0.1, 0.15) is 11.6 Å². The highest BCUT2D eigenvalue weighted by Crippen LogP contribution is 2.14. The minimum atomic E-state index is -0.257. The second-order valence-electron chi connectivity index (χ2n) is 6.39. The van der Waals surface area contributed by atoms with Crippen LogP contribution in [-0.2, 0) is 11.3 Å². The first-order valence-corrected chi connectivity index (χ1v) is 8.47. The Hall–Kier alpha value is -2.25. The van der Waals surface area contributed by atoms with Crippen LogP contribution >= 0.6 is 0 Å². The number of anilines is 1. The van der Waals surface area contributed by atoms with Gasteiger partial charge in [0.15, 0.2) is 5.82 Å². The maximum absolute atomic E-state index is 13.8. The van der Waals surface area contributed by atoms with E-state index in [0.29, 0.717) is 23.7 Å². The van der Waals surface area contributed by atoms with Crippen LogP contribution < -0.4 is 5.32 Å². The number of aromatic nitrogens is 1. The van der Waals surface area contributed by atoms with Gasteiger partial charge in [-0.1, -0.05) is 23.4 Å². The van der Waals surface area contributed by atoms with Crippen molar-refractivity contribution >= 4 is 11.7 Å². The molecule has 25 heavy (non-hydrogen) atoms. The van der Waals surface area contributed by atoms with Gasteiger partial charge < -0.3 is 9.84 Å². The van der Waals surface area contributed by atoms with Gasteiger partial charge in [-0.2, -0.15) is 0 Å². The number of amides is 1. The third-order valence-electron chi connectivity index (χ3n) is 4.57. The number of rotatable bonds is 5. The van der Waals surface area contributed by atoms with Crippen molar-refractivity contribution in [1.29, 1.82) is 0 Å². The molecule has 1 aromatic heterocycles. The van der Waals surface area contributed by atoms with Crippen molar-refractivity contribution in [3.05, 3.63) is 47.5 Å². The fourth-order valence-corrected chi connectivity index (χ4v) is 3.00. The van der Waals surface area contributed by atoms with Gasteiger partial charge in [0.25, 0.3) is 0 Å². The Kier molecular flexibility index (Phi) is 5.45. The number of carbonyl (C=O) groups excluding carboxylic acids is 1. The minimum absolute atomic E-state index is 0.101. The van der Waals surface area contributed by atoms with E-state index >= 15 is 0 Å². The Morgan fingerprint density at radius 3 is 2.68 bits per heavy atom. The van der Waals surface area contributed by atoms with Crippen LogP contribution in [-0.4, -0.2) is 53.1 Å². The molecule has 1 saturated heterocycles. The van der Waals surface area contributed by atoms with Gasteiger partial charge >= 0.3 is 0 Å². The van der Waals surface area contributed by atoms with Gasteiger partial charge in [-0.05, 0) is 19.9 Å². The van der Waals surface area contributed by atoms with E-state index in [1.807, 2.05) is 19.1 Å². The third-order valence-corrected chi connectivity index (χ3v) is 4.57. The summed E-state index contributed by atoms with van der Waals surface area (Å²) in [7, 11) is 0. The van der Waals surface area contributed by atoms with Gasteiger partial charge in [0.05, 0.1) is 6.04 Å². The van der Waals surface area contributed by atoms with Crippen molar-refractivity contribution in [2.75, 3.05) is 31.5 Å². The number of nitrogens with zero attached hydrogens (tertiary/aromatic N) is 3. The molecule has 2 heterocycles. The lowest BCUT2D eigenvalue weighted by atomic mass is 10.1. The average molecular weight is 346 g/mol. The monoisotopic (exact) mass is 346 g/mol. The maximum atomic E-state index is 13.8. The van der Waals surface area contributed by atoms with E-state index in [-0.39, 0.29) is 17.8 Å². The summed E-state index contributed by atoms with van der Waals surface area (Å²) < 4.78 is 18.7. The number of halogens is 1. The smallest absolute Gasteiger partial charge is 0.242 e. The summed E-state index contributed by atoms with van der Waals surface area (Å²) in [4.78, 5) is 16.7. The van der Waals surface area contributed by atoms with Crippen molar-refractivity contribution in [3.63, 3.8) is 0 Å². The quantitative estimate of drug-likeness (QED) is 0.900. The minimum Gasteiger partial charge on any atom is -0.360 e. The fraction of sp³-hybridized carbons (Fsp3) is 0.444. The summed E-state index contributed by atoms with van der Waals surface area (Å²) in [6.45, 7) is 7.39. The molecule has 0 saturated carbocycles. The highest BCUT2D eigenvalue weighted by molar-refractivity contribution is 5.93. The maximum Gasteiger partial charge on any atom is 0.242 e. The van der Waals surface area contributed by atoms with E-state index in [2.05, 4.69) is 20.3 Å². The summed E-state index contributed by atoms with van der Waals surface area (Å²) in [5.74, 6) is 0.827.